The number of hydrogen-bond donors (Lipinski definition) is 0. The number of oxazole rings is 1. The van der Waals surface area contributed by atoms with Crippen LogP contribution in [0.25, 0.3) is 16.5 Å². The van der Waals surface area contributed by atoms with Crippen molar-refractivity contribution >= 4 is 34.7 Å². The Labute approximate surface area is 150 Å². The summed E-state index contributed by atoms with van der Waals surface area (Å²) in [5.74, 6) is 1.25. The lowest BCUT2D eigenvalue weighted by molar-refractivity contribution is 0.575. The van der Waals surface area contributed by atoms with Crippen LogP contribution < -0.4 is 0 Å². The zero-order chi connectivity index (χ0) is 16.4. The van der Waals surface area contributed by atoms with E-state index in [0.29, 0.717) is 21.8 Å². The maximum absolute atomic E-state index is 5.91. The molecule has 0 aliphatic heterocycles. The first-order valence-corrected chi connectivity index (χ1v) is 9.19. The molecule has 0 amide bonds. The van der Waals surface area contributed by atoms with E-state index in [0.717, 1.165) is 16.3 Å². The number of rotatable bonds is 5. The summed E-state index contributed by atoms with van der Waals surface area (Å²) < 4.78 is 7.19. The molecule has 0 spiro atoms. The summed E-state index contributed by atoms with van der Waals surface area (Å²) in [7, 11) is 0. The van der Waals surface area contributed by atoms with E-state index in [9.17, 15) is 0 Å². The predicted molar refractivity (Wildman–Crippen MR) is 93.5 cm³/mol. The number of thioether (sulfide) groups is 1. The first kappa shape index (κ1) is 15.4. The molecule has 6 nitrogen and oxygen atoms in total. The van der Waals surface area contributed by atoms with E-state index in [-0.39, 0.29) is 0 Å². The van der Waals surface area contributed by atoms with Crippen LogP contribution in [-0.2, 0) is 5.75 Å². The molecule has 0 saturated carbocycles. The van der Waals surface area contributed by atoms with Crippen LogP contribution in [0.5, 0.6) is 0 Å². The number of tetrazole rings is 1. The molecule has 24 heavy (non-hydrogen) atoms. The quantitative estimate of drug-likeness (QED) is 0.484. The van der Waals surface area contributed by atoms with Gasteiger partial charge in [0.15, 0.2) is 0 Å². The van der Waals surface area contributed by atoms with Crippen molar-refractivity contribution in [3.63, 3.8) is 0 Å². The minimum Gasteiger partial charge on any atom is -0.444 e. The molecule has 0 atom stereocenters. The van der Waals surface area contributed by atoms with E-state index < -0.39 is 0 Å². The number of hydrogen-bond acceptors (Lipinski definition) is 7. The van der Waals surface area contributed by atoms with Crippen LogP contribution in [0.3, 0.4) is 0 Å². The van der Waals surface area contributed by atoms with Crippen LogP contribution in [-0.4, -0.2) is 25.2 Å². The maximum Gasteiger partial charge on any atom is 0.236 e. The van der Waals surface area contributed by atoms with Crippen molar-refractivity contribution in [1.82, 2.24) is 25.2 Å². The number of nitrogens with zero attached hydrogens (tertiary/aromatic N) is 5. The van der Waals surface area contributed by atoms with E-state index in [1.165, 1.54) is 11.8 Å². The molecule has 0 unspecified atom stereocenters. The highest BCUT2D eigenvalue weighted by Crippen LogP contribution is 2.27. The maximum atomic E-state index is 5.91. The molecule has 9 heteroatoms. The highest BCUT2D eigenvalue weighted by Gasteiger charge is 2.12. The second-order valence-electron chi connectivity index (χ2n) is 4.76. The Morgan fingerprint density at radius 3 is 2.88 bits per heavy atom. The monoisotopic (exact) mass is 375 g/mol. The summed E-state index contributed by atoms with van der Waals surface area (Å²) in [5, 5.41) is 15.2. The molecule has 0 fully saturated rings. The van der Waals surface area contributed by atoms with E-state index in [2.05, 4.69) is 20.5 Å². The van der Waals surface area contributed by atoms with E-state index in [4.69, 9.17) is 16.0 Å². The van der Waals surface area contributed by atoms with E-state index >= 15 is 0 Å². The molecule has 3 heterocycles. The molecule has 4 rings (SSSR count). The zero-order valence-corrected chi connectivity index (χ0v) is 14.6. The Morgan fingerprint density at radius 1 is 1.21 bits per heavy atom. The van der Waals surface area contributed by atoms with Gasteiger partial charge in [-0.2, -0.15) is 4.68 Å². The molecule has 120 valence electrons. The van der Waals surface area contributed by atoms with Crippen molar-refractivity contribution in [3.8, 4) is 16.5 Å². The normalized spacial score (nSPS) is 11.0. The van der Waals surface area contributed by atoms with E-state index in [1.807, 2.05) is 29.6 Å². The van der Waals surface area contributed by atoms with Crippen molar-refractivity contribution in [2.75, 3.05) is 0 Å². The fourth-order valence-electron chi connectivity index (χ4n) is 2.04. The van der Waals surface area contributed by atoms with Crippen molar-refractivity contribution in [2.24, 2.45) is 0 Å². The van der Waals surface area contributed by atoms with Gasteiger partial charge >= 0.3 is 0 Å². The fourth-order valence-corrected chi connectivity index (χ4v) is 3.59. The second-order valence-corrected chi connectivity index (χ2v) is 7.09. The van der Waals surface area contributed by atoms with Crippen LogP contribution in [0.15, 0.2) is 57.6 Å². The van der Waals surface area contributed by atoms with Crippen LogP contribution in [0, 0.1) is 0 Å². The highest BCUT2D eigenvalue weighted by molar-refractivity contribution is 7.98. The van der Waals surface area contributed by atoms with Crippen LogP contribution >= 0.6 is 34.7 Å². The van der Waals surface area contributed by atoms with Crippen molar-refractivity contribution in [3.05, 3.63) is 58.8 Å². The average Bonchev–Trinajstić information content (AvgIpc) is 3.34. The average molecular weight is 376 g/mol. The summed E-state index contributed by atoms with van der Waals surface area (Å²) in [4.78, 5) is 5.51. The zero-order valence-electron chi connectivity index (χ0n) is 12.2. The standard InChI is InChI=1S/C15H10ClN5OS2/c16-10-3-5-12(6-4-10)21-15(18-19-20-21)24-9-11-8-22-14(17-11)13-2-1-7-23-13/h1-8H,9H2. The third-order valence-electron chi connectivity index (χ3n) is 3.14. The van der Waals surface area contributed by atoms with Crippen LogP contribution in [0.1, 0.15) is 5.69 Å². The Kier molecular flexibility index (Phi) is 4.33. The van der Waals surface area contributed by atoms with Gasteiger partial charge in [0.2, 0.25) is 11.0 Å². The molecular weight excluding hydrogens is 366 g/mol. The summed E-state index contributed by atoms with van der Waals surface area (Å²) in [6.07, 6.45) is 1.67. The number of thiophene rings is 1. The predicted octanol–water partition coefficient (Wildman–Crippen LogP) is 4.32. The summed E-state index contributed by atoms with van der Waals surface area (Å²) >= 11 is 9.00. The SMILES string of the molecule is Clc1ccc(-n2nnnc2SCc2coc(-c3cccs3)n2)cc1. The van der Waals surface area contributed by atoms with Crippen molar-refractivity contribution in [2.45, 2.75) is 10.9 Å². The Hall–Kier alpha value is -2.16. The van der Waals surface area contributed by atoms with Crippen LogP contribution in [0.2, 0.25) is 5.02 Å². The third kappa shape index (κ3) is 3.21. The number of halogens is 1. The Morgan fingerprint density at radius 2 is 2.08 bits per heavy atom. The Bertz CT molecular complexity index is 933. The molecule has 0 saturated heterocycles. The molecule has 0 radical (unpaired) electrons. The van der Waals surface area contributed by atoms with Gasteiger partial charge < -0.3 is 4.42 Å². The van der Waals surface area contributed by atoms with Gasteiger partial charge in [-0.15, -0.1) is 16.4 Å². The van der Waals surface area contributed by atoms with Crippen molar-refractivity contribution in [1.29, 1.82) is 0 Å². The van der Waals surface area contributed by atoms with Gasteiger partial charge in [0, 0.05) is 10.8 Å². The molecule has 4 aromatic rings. The smallest absolute Gasteiger partial charge is 0.236 e. The summed E-state index contributed by atoms with van der Waals surface area (Å²) in [6.45, 7) is 0. The third-order valence-corrected chi connectivity index (χ3v) is 5.21. The molecular formula is C15H10ClN5OS2. The molecule has 0 aliphatic carbocycles. The minimum atomic E-state index is 0.614. The van der Waals surface area contributed by atoms with Gasteiger partial charge in [0.25, 0.3) is 0 Å². The van der Waals surface area contributed by atoms with Crippen LogP contribution in [0.4, 0.5) is 0 Å². The summed E-state index contributed by atoms with van der Waals surface area (Å²) in [6, 6.07) is 11.3. The molecule has 0 aliphatic rings. The summed E-state index contributed by atoms with van der Waals surface area (Å²) in [5.41, 5.74) is 1.69. The second kappa shape index (κ2) is 6.76. The first-order valence-electron chi connectivity index (χ1n) is 6.95. The Balaban J connectivity index is 1.49. The number of benzene rings is 1. The molecule has 0 N–H and O–H groups in total. The van der Waals surface area contributed by atoms with Gasteiger partial charge in [0.05, 0.1) is 16.3 Å². The topological polar surface area (TPSA) is 69.6 Å². The lowest BCUT2D eigenvalue weighted by atomic mass is 10.3. The largest absolute Gasteiger partial charge is 0.444 e. The lowest BCUT2D eigenvalue weighted by Crippen LogP contribution is -1.98. The van der Waals surface area contributed by atoms with Crippen molar-refractivity contribution < 1.29 is 4.42 Å². The van der Waals surface area contributed by atoms with Gasteiger partial charge in [-0.3, -0.25) is 0 Å². The first-order chi connectivity index (χ1) is 11.8. The molecule has 3 aromatic heterocycles. The fraction of sp³-hybridized carbons (Fsp3) is 0.0667. The lowest BCUT2D eigenvalue weighted by Gasteiger charge is -2.03. The van der Waals surface area contributed by atoms with E-state index in [1.54, 1.807) is 34.4 Å². The minimum absolute atomic E-state index is 0.614. The number of aromatic nitrogens is 5. The molecule has 0 bridgehead atoms. The van der Waals surface area contributed by atoms with Gasteiger partial charge in [-0.1, -0.05) is 29.4 Å². The highest BCUT2D eigenvalue weighted by atomic mass is 35.5. The van der Waals surface area contributed by atoms with Gasteiger partial charge in [0.1, 0.15) is 6.26 Å². The van der Waals surface area contributed by atoms with Gasteiger partial charge in [-0.25, -0.2) is 4.98 Å². The molecule has 1 aromatic carbocycles. The van der Waals surface area contributed by atoms with Gasteiger partial charge in [-0.05, 0) is 46.1 Å².